The highest BCUT2D eigenvalue weighted by atomic mass is 16.5. The Bertz CT molecular complexity index is 535. The summed E-state index contributed by atoms with van der Waals surface area (Å²) in [5, 5.41) is 14.8. The van der Waals surface area contributed by atoms with E-state index in [-0.39, 0.29) is 5.69 Å². The Morgan fingerprint density at radius 1 is 1.39 bits per heavy atom. The quantitative estimate of drug-likeness (QED) is 0.797. The van der Waals surface area contributed by atoms with Gasteiger partial charge in [0, 0.05) is 13.2 Å². The van der Waals surface area contributed by atoms with Crippen LogP contribution >= 0.6 is 0 Å². The van der Waals surface area contributed by atoms with Gasteiger partial charge in [0.25, 0.3) is 0 Å². The van der Waals surface area contributed by atoms with Crippen LogP contribution in [0.15, 0.2) is 24.4 Å². The third-order valence-electron chi connectivity index (χ3n) is 2.43. The van der Waals surface area contributed by atoms with Crippen LogP contribution in [0.2, 0.25) is 0 Å². The standard InChI is InChI=1S/C11H13N5O2/c1-16-8(5-6-13-16)7-12-10-4-3-9(14-15-10)11(17)18-2/h3-6H,7H2,1-2H3,(H,12,15). The summed E-state index contributed by atoms with van der Waals surface area (Å²) in [6, 6.07) is 5.14. The molecule has 18 heavy (non-hydrogen) atoms. The molecule has 0 aromatic carbocycles. The molecule has 94 valence electrons. The Hall–Kier alpha value is -2.44. The minimum atomic E-state index is -0.499. The molecule has 0 radical (unpaired) electrons. The van der Waals surface area contributed by atoms with E-state index in [1.54, 1.807) is 23.0 Å². The molecule has 2 aromatic heterocycles. The second kappa shape index (κ2) is 5.26. The van der Waals surface area contributed by atoms with E-state index < -0.39 is 5.97 Å². The molecule has 0 saturated carbocycles. The maximum absolute atomic E-state index is 11.2. The smallest absolute Gasteiger partial charge is 0.358 e. The van der Waals surface area contributed by atoms with E-state index in [9.17, 15) is 4.79 Å². The summed E-state index contributed by atoms with van der Waals surface area (Å²) in [7, 11) is 3.17. The van der Waals surface area contributed by atoms with Crippen LogP contribution in [-0.2, 0) is 18.3 Å². The maximum Gasteiger partial charge on any atom is 0.358 e. The Labute approximate surface area is 104 Å². The van der Waals surface area contributed by atoms with Crippen LogP contribution in [-0.4, -0.2) is 33.1 Å². The Kier molecular flexibility index (Phi) is 3.52. The molecule has 0 spiro atoms. The molecular formula is C11H13N5O2. The first kappa shape index (κ1) is 12.0. The van der Waals surface area contributed by atoms with Crippen LogP contribution in [0.3, 0.4) is 0 Å². The van der Waals surface area contributed by atoms with Crippen molar-refractivity contribution in [2.24, 2.45) is 7.05 Å². The van der Waals surface area contributed by atoms with Crippen molar-refractivity contribution in [3.8, 4) is 0 Å². The number of hydrogen-bond donors (Lipinski definition) is 1. The number of carbonyl (C=O) groups excluding carboxylic acids is 1. The number of aromatic nitrogens is 4. The molecule has 0 amide bonds. The molecule has 2 rings (SSSR count). The largest absolute Gasteiger partial charge is 0.464 e. The third-order valence-corrected chi connectivity index (χ3v) is 2.43. The first-order valence-corrected chi connectivity index (χ1v) is 5.33. The number of rotatable bonds is 4. The molecule has 0 aliphatic carbocycles. The predicted molar refractivity (Wildman–Crippen MR) is 63.9 cm³/mol. The minimum absolute atomic E-state index is 0.184. The van der Waals surface area contributed by atoms with Gasteiger partial charge in [-0.1, -0.05) is 0 Å². The average Bonchev–Trinajstić information content (AvgIpc) is 2.81. The Balaban J connectivity index is 1.98. The number of carbonyl (C=O) groups is 1. The molecule has 0 unspecified atom stereocenters. The second-order valence-corrected chi connectivity index (χ2v) is 3.60. The summed E-state index contributed by atoms with van der Waals surface area (Å²) in [6.45, 7) is 0.586. The zero-order chi connectivity index (χ0) is 13.0. The van der Waals surface area contributed by atoms with E-state index in [0.717, 1.165) is 5.69 Å². The van der Waals surface area contributed by atoms with Gasteiger partial charge in [-0.15, -0.1) is 10.2 Å². The molecule has 0 aliphatic heterocycles. The van der Waals surface area contributed by atoms with Crippen molar-refractivity contribution < 1.29 is 9.53 Å². The summed E-state index contributed by atoms with van der Waals surface area (Å²) in [4.78, 5) is 11.2. The summed E-state index contributed by atoms with van der Waals surface area (Å²) in [6.07, 6.45) is 1.73. The van der Waals surface area contributed by atoms with Crippen molar-refractivity contribution in [3.63, 3.8) is 0 Å². The van der Waals surface area contributed by atoms with Crippen LogP contribution in [0, 0.1) is 0 Å². The van der Waals surface area contributed by atoms with Gasteiger partial charge in [0.05, 0.1) is 19.3 Å². The first-order valence-electron chi connectivity index (χ1n) is 5.33. The van der Waals surface area contributed by atoms with Gasteiger partial charge in [-0.25, -0.2) is 4.79 Å². The summed E-state index contributed by atoms with van der Waals surface area (Å²) < 4.78 is 6.30. The number of methoxy groups -OCH3 is 1. The number of nitrogens with one attached hydrogen (secondary N) is 1. The average molecular weight is 247 g/mol. The van der Waals surface area contributed by atoms with Crippen LogP contribution in [0.5, 0.6) is 0 Å². The lowest BCUT2D eigenvalue weighted by Crippen LogP contribution is -2.09. The van der Waals surface area contributed by atoms with E-state index in [1.165, 1.54) is 7.11 Å². The lowest BCUT2D eigenvalue weighted by molar-refractivity contribution is 0.0593. The van der Waals surface area contributed by atoms with Crippen LogP contribution in [0.25, 0.3) is 0 Å². The molecule has 2 heterocycles. The third kappa shape index (κ3) is 2.62. The molecule has 7 heteroatoms. The summed E-state index contributed by atoms with van der Waals surface area (Å²) >= 11 is 0. The summed E-state index contributed by atoms with van der Waals surface area (Å²) in [5.74, 6) is 0.0875. The van der Waals surface area contributed by atoms with Gasteiger partial charge in [0.15, 0.2) is 5.69 Å². The zero-order valence-corrected chi connectivity index (χ0v) is 10.1. The van der Waals surface area contributed by atoms with E-state index in [4.69, 9.17) is 0 Å². The van der Waals surface area contributed by atoms with Gasteiger partial charge in [0.1, 0.15) is 5.82 Å². The molecule has 0 aliphatic rings. The molecule has 2 aromatic rings. The van der Waals surface area contributed by atoms with Crippen LogP contribution < -0.4 is 5.32 Å². The van der Waals surface area contributed by atoms with Gasteiger partial charge in [-0.3, -0.25) is 4.68 Å². The van der Waals surface area contributed by atoms with Gasteiger partial charge >= 0.3 is 5.97 Å². The number of aryl methyl sites for hydroxylation is 1. The molecule has 0 atom stereocenters. The van der Waals surface area contributed by atoms with Gasteiger partial charge < -0.3 is 10.1 Å². The van der Waals surface area contributed by atoms with E-state index in [2.05, 4.69) is 25.3 Å². The lowest BCUT2D eigenvalue weighted by Gasteiger charge is -2.05. The highest BCUT2D eigenvalue weighted by Gasteiger charge is 2.07. The topological polar surface area (TPSA) is 81.9 Å². The fourth-order valence-corrected chi connectivity index (χ4v) is 1.40. The molecule has 0 saturated heterocycles. The SMILES string of the molecule is COC(=O)c1ccc(NCc2ccnn2C)nn1. The van der Waals surface area contributed by atoms with E-state index in [0.29, 0.717) is 12.4 Å². The Morgan fingerprint density at radius 3 is 2.78 bits per heavy atom. The van der Waals surface area contributed by atoms with Crippen LogP contribution in [0.1, 0.15) is 16.2 Å². The molecular weight excluding hydrogens is 234 g/mol. The molecule has 0 bridgehead atoms. The van der Waals surface area contributed by atoms with Crippen molar-refractivity contribution in [1.82, 2.24) is 20.0 Å². The number of ether oxygens (including phenoxy) is 1. The fraction of sp³-hybridized carbons (Fsp3) is 0.273. The summed E-state index contributed by atoms with van der Waals surface area (Å²) in [5.41, 5.74) is 1.21. The first-order chi connectivity index (χ1) is 8.70. The highest BCUT2D eigenvalue weighted by molar-refractivity contribution is 5.86. The number of anilines is 1. The fourth-order valence-electron chi connectivity index (χ4n) is 1.40. The van der Waals surface area contributed by atoms with Crippen molar-refractivity contribution in [2.75, 3.05) is 12.4 Å². The molecule has 0 fully saturated rings. The van der Waals surface area contributed by atoms with Gasteiger partial charge in [-0.05, 0) is 18.2 Å². The predicted octanol–water partition coefficient (Wildman–Crippen LogP) is 0.609. The van der Waals surface area contributed by atoms with E-state index >= 15 is 0 Å². The zero-order valence-electron chi connectivity index (χ0n) is 10.1. The van der Waals surface area contributed by atoms with Gasteiger partial charge in [0.2, 0.25) is 0 Å². The minimum Gasteiger partial charge on any atom is -0.464 e. The maximum atomic E-state index is 11.2. The van der Waals surface area contributed by atoms with Crippen molar-refractivity contribution >= 4 is 11.8 Å². The monoisotopic (exact) mass is 247 g/mol. The number of esters is 1. The van der Waals surface area contributed by atoms with Gasteiger partial charge in [-0.2, -0.15) is 5.10 Å². The number of nitrogens with zero attached hydrogens (tertiary/aromatic N) is 4. The van der Waals surface area contributed by atoms with Crippen LogP contribution in [0.4, 0.5) is 5.82 Å². The highest BCUT2D eigenvalue weighted by Crippen LogP contribution is 2.05. The molecule has 1 N–H and O–H groups in total. The lowest BCUT2D eigenvalue weighted by atomic mass is 10.3. The van der Waals surface area contributed by atoms with E-state index in [1.807, 2.05) is 13.1 Å². The second-order valence-electron chi connectivity index (χ2n) is 3.60. The normalized spacial score (nSPS) is 10.1. The Morgan fingerprint density at radius 2 is 2.22 bits per heavy atom. The molecule has 7 nitrogen and oxygen atoms in total. The van der Waals surface area contributed by atoms with Crippen molar-refractivity contribution in [3.05, 3.63) is 35.8 Å². The van der Waals surface area contributed by atoms with Crippen molar-refractivity contribution in [2.45, 2.75) is 6.54 Å². The number of hydrogen-bond acceptors (Lipinski definition) is 6. The van der Waals surface area contributed by atoms with Crippen molar-refractivity contribution in [1.29, 1.82) is 0 Å².